The lowest BCUT2D eigenvalue weighted by molar-refractivity contribution is 0.282. The minimum Gasteiger partial charge on any atom is -0.392 e. The lowest BCUT2D eigenvalue weighted by Gasteiger charge is -2.27. The number of rotatable bonds is 4. The summed E-state index contributed by atoms with van der Waals surface area (Å²) < 4.78 is 0. The minimum absolute atomic E-state index is 0.0681. The largest absolute Gasteiger partial charge is 0.392 e. The van der Waals surface area contributed by atoms with E-state index in [-0.39, 0.29) is 6.61 Å². The van der Waals surface area contributed by atoms with Gasteiger partial charge in [0, 0.05) is 24.8 Å². The van der Waals surface area contributed by atoms with Crippen LogP contribution in [0.15, 0.2) is 18.5 Å². The molecule has 1 rings (SSSR count). The highest BCUT2D eigenvalue weighted by Gasteiger charge is 2.11. The molecule has 0 aliphatic heterocycles. The molecule has 1 aromatic rings. The Kier molecular flexibility index (Phi) is 3.89. The Bertz CT molecular complexity index is 288. The zero-order valence-electron chi connectivity index (χ0n) is 9.07. The molecule has 0 bridgehead atoms. The van der Waals surface area contributed by atoms with Crippen molar-refractivity contribution in [1.29, 1.82) is 0 Å². The summed E-state index contributed by atoms with van der Waals surface area (Å²) in [5, 5.41) is 9.17. The molecule has 1 atom stereocenters. The van der Waals surface area contributed by atoms with Crippen LogP contribution in [0.3, 0.4) is 0 Å². The van der Waals surface area contributed by atoms with Crippen molar-refractivity contribution >= 4 is 5.69 Å². The highest BCUT2D eigenvalue weighted by molar-refractivity contribution is 5.51. The maximum atomic E-state index is 9.17. The number of pyridine rings is 1. The minimum atomic E-state index is 0.0681. The van der Waals surface area contributed by atoms with Gasteiger partial charge in [-0.05, 0) is 19.4 Å². The van der Waals surface area contributed by atoms with Crippen LogP contribution >= 0.6 is 0 Å². The van der Waals surface area contributed by atoms with Gasteiger partial charge in [0.15, 0.2) is 0 Å². The van der Waals surface area contributed by atoms with Crippen molar-refractivity contribution < 1.29 is 5.11 Å². The number of nitrogens with zero attached hydrogens (tertiary/aromatic N) is 2. The van der Waals surface area contributed by atoms with Crippen molar-refractivity contribution in [1.82, 2.24) is 4.98 Å². The Morgan fingerprint density at radius 1 is 1.57 bits per heavy atom. The third kappa shape index (κ3) is 2.23. The first-order chi connectivity index (χ1) is 6.70. The first-order valence-corrected chi connectivity index (χ1v) is 4.97. The standard InChI is InChI=1S/C11H18N2O/c1-4-9(2)13(3)11-7-12-6-5-10(11)8-14/h5-7,9,14H,4,8H2,1-3H3. The molecule has 0 aliphatic rings. The van der Waals surface area contributed by atoms with E-state index >= 15 is 0 Å². The fraction of sp³-hybridized carbons (Fsp3) is 0.545. The Morgan fingerprint density at radius 2 is 2.29 bits per heavy atom. The predicted octanol–water partition coefficient (Wildman–Crippen LogP) is 1.81. The second kappa shape index (κ2) is 4.96. The number of anilines is 1. The summed E-state index contributed by atoms with van der Waals surface area (Å²) in [6, 6.07) is 2.32. The summed E-state index contributed by atoms with van der Waals surface area (Å²) in [4.78, 5) is 6.23. The summed E-state index contributed by atoms with van der Waals surface area (Å²) in [6.07, 6.45) is 4.59. The SMILES string of the molecule is CCC(C)N(C)c1cnccc1CO. The maximum Gasteiger partial charge on any atom is 0.0703 e. The van der Waals surface area contributed by atoms with Crippen LogP contribution in [0.1, 0.15) is 25.8 Å². The predicted molar refractivity (Wildman–Crippen MR) is 58.3 cm³/mol. The van der Waals surface area contributed by atoms with Crippen LogP contribution in [0.25, 0.3) is 0 Å². The van der Waals surface area contributed by atoms with Gasteiger partial charge in [0.25, 0.3) is 0 Å². The van der Waals surface area contributed by atoms with Crippen molar-refractivity contribution in [3.8, 4) is 0 Å². The fourth-order valence-electron chi connectivity index (χ4n) is 1.38. The molecule has 0 aliphatic carbocycles. The van der Waals surface area contributed by atoms with Gasteiger partial charge in [-0.1, -0.05) is 6.92 Å². The van der Waals surface area contributed by atoms with Gasteiger partial charge < -0.3 is 10.0 Å². The van der Waals surface area contributed by atoms with E-state index in [0.717, 1.165) is 17.7 Å². The van der Waals surface area contributed by atoms with E-state index < -0.39 is 0 Å². The van der Waals surface area contributed by atoms with Gasteiger partial charge in [0.1, 0.15) is 0 Å². The number of aliphatic hydroxyl groups excluding tert-OH is 1. The summed E-state index contributed by atoms with van der Waals surface area (Å²) in [7, 11) is 2.03. The molecule has 78 valence electrons. The van der Waals surface area contributed by atoms with E-state index in [9.17, 15) is 0 Å². The Labute approximate surface area is 85.4 Å². The van der Waals surface area contributed by atoms with E-state index in [2.05, 4.69) is 23.7 Å². The van der Waals surface area contributed by atoms with Gasteiger partial charge in [0.05, 0.1) is 18.5 Å². The molecule has 0 aromatic carbocycles. The van der Waals surface area contributed by atoms with Gasteiger partial charge in [-0.25, -0.2) is 0 Å². The summed E-state index contributed by atoms with van der Waals surface area (Å²) in [5.74, 6) is 0. The Morgan fingerprint density at radius 3 is 2.86 bits per heavy atom. The number of aliphatic hydroxyl groups is 1. The van der Waals surface area contributed by atoms with Crippen LogP contribution < -0.4 is 4.90 Å². The zero-order valence-corrected chi connectivity index (χ0v) is 9.07. The molecule has 14 heavy (non-hydrogen) atoms. The molecule has 1 N–H and O–H groups in total. The third-order valence-corrected chi connectivity index (χ3v) is 2.69. The normalized spacial score (nSPS) is 12.6. The smallest absolute Gasteiger partial charge is 0.0703 e. The second-order valence-electron chi connectivity index (χ2n) is 3.53. The van der Waals surface area contributed by atoms with Crippen molar-refractivity contribution in [2.75, 3.05) is 11.9 Å². The Balaban J connectivity index is 2.93. The number of aromatic nitrogens is 1. The molecule has 0 saturated carbocycles. The molecule has 0 saturated heterocycles. The van der Waals surface area contributed by atoms with Crippen LogP contribution in [0.5, 0.6) is 0 Å². The molecular formula is C11H18N2O. The van der Waals surface area contributed by atoms with E-state index in [1.807, 2.05) is 13.1 Å². The van der Waals surface area contributed by atoms with Crippen LogP contribution in [0, 0.1) is 0 Å². The molecule has 0 spiro atoms. The van der Waals surface area contributed by atoms with Crippen LogP contribution in [-0.2, 0) is 6.61 Å². The first kappa shape index (κ1) is 11.0. The zero-order chi connectivity index (χ0) is 10.6. The Hall–Kier alpha value is -1.09. The summed E-state index contributed by atoms with van der Waals surface area (Å²) >= 11 is 0. The molecule has 1 aromatic heterocycles. The monoisotopic (exact) mass is 194 g/mol. The van der Waals surface area contributed by atoms with Crippen LogP contribution in [0.2, 0.25) is 0 Å². The van der Waals surface area contributed by atoms with Gasteiger partial charge in [-0.2, -0.15) is 0 Å². The van der Waals surface area contributed by atoms with Crippen molar-refractivity contribution in [2.45, 2.75) is 32.9 Å². The molecule has 0 radical (unpaired) electrons. The third-order valence-electron chi connectivity index (χ3n) is 2.69. The van der Waals surface area contributed by atoms with Gasteiger partial charge in [-0.3, -0.25) is 4.98 Å². The van der Waals surface area contributed by atoms with Crippen molar-refractivity contribution in [3.63, 3.8) is 0 Å². The van der Waals surface area contributed by atoms with E-state index in [1.54, 1.807) is 12.4 Å². The first-order valence-electron chi connectivity index (χ1n) is 4.97. The molecule has 1 unspecified atom stereocenters. The molecule has 0 fully saturated rings. The van der Waals surface area contributed by atoms with Crippen LogP contribution in [-0.4, -0.2) is 23.2 Å². The van der Waals surface area contributed by atoms with Crippen molar-refractivity contribution in [3.05, 3.63) is 24.0 Å². The average molecular weight is 194 g/mol. The summed E-state index contributed by atoms with van der Waals surface area (Å²) in [6.45, 7) is 4.38. The molecular weight excluding hydrogens is 176 g/mol. The number of hydrogen-bond donors (Lipinski definition) is 1. The van der Waals surface area contributed by atoms with E-state index in [0.29, 0.717) is 6.04 Å². The highest BCUT2D eigenvalue weighted by Crippen LogP contribution is 2.20. The molecule has 0 amide bonds. The average Bonchev–Trinajstić information content (AvgIpc) is 2.26. The molecule has 1 heterocycles. The van der Waals surface area contributed by atoms with E-state index in [4.69, 9.17) is 5.11 Å². The summed E-state index contributed by atoms with van der Waals surface area (Å²) in [5.41, 5.74) is 1.95. The lowest BCUT2D eigenvalue weighted by atomic mass is 10.1. The fourth-order valence-corrected chi connectivity index (χ4v) is 1.38. The van der Waals surface area contributed by atoms with Gasteiger partial charge >= 0.3 is 0 Å². The highest BCUT2D eigenvalue weighted by atomic mass is 16.3. The lowest BCUT2D eigenvalue weighted by Crippen LogP contribution is -2.29. The number of hydrogen-bond acceptors (Lipinski definition) is 3. The molecule has 3 heteroatoms. The quantitative estimate of drug-likeness (QED) is 0.794. The topological polar surface area (TPSA) is 36.4 Å². The second-order valence-corrected chi connectivity index (χ2v) is 3.53. The van der Waals surface area contributed by atoms with Crippen LogP contribution in [0.4, 0.5) is 5.69 Å². The van der Waals surface area contributed by atoms with E-state index in [1.165, 1.54) is 0 Å². The van der Waals surface area contributed by atoms with Gasteiger partial charge in [0.2, 0.25) is 0 Å². The van der Waals surface area contributed by atoms with Crippen molar-refractivity contribution in [2.24, 2.45) is 0 Å². The maximum absolute atomic E-state index is 9.17. The van der Waals surface area contributed by atoms with Gasteiger partial charge in [-0.15, -0.1) is 0 Å². The molecule has 3 nitrogen and oxygen atoms in total.